The molecule has 2 N–H and O–H groups in total. The highest BCUT2D eigenvalue weighted by Gasteiger charge is 2.34. The lowest BCUT2D eigenvalue weighted by atomic mass is 10.1. The van der Waals surface area contributed by atoms with Crippen molar-refractivity contribution in [3.63, 3.8) is 0 Å². The molecule has 2 aromatic carbocycles. The second-order valence-electron chi connectivity index (χ2n) is 5.75. The van der Waals surface area contributed by atoms with E-state index in [1.165, 1.54) is 12.1 Å². The van der Waals surface area contributed by atoms with Gasteiger partial charge in [0.15, 0.2) is 5.13 Å². The Morgan fingerprint density at radius 2 is 1.92 bits per heavy atom. The Hall–Kier alpha value is -2.32. The number of aromatic nitrogens is 1. The summed E-state index contributed by atoms with van der Waals surface area (Å²) in [6, 6.07) is 5.35. The van der Waals surface area contributed by atoms with E-state index >= 15 is 0 Å². The molecule has 9 heteroatoms. The van der Waals surface area contributed by atoms with Crippen LogP contribution >= 0.6 is 22.9 Å². The van der Waals surface area contributed by atoms with Crippen LogP contribution < -0.4 is 5.32 Å². The van der Waals surface area contributed by atoms with Crippen molar-refractivity contribution in [3.05, 3.63) is 51.5 Å². The van der Waals surface area contributed by atoms with Gasteiger partial charge in [-0.15, -0.1) is 0 Å². The number of halogens is 4. The molecular weight excluding hydrogens is 389 g/mol. The maximum absolute atomic E-state index is 13.2. The number of hydrogen-bond acceptors (Lipinski definition) is 4. The fourth-order valence-corrected chi connectivity index (χ4v) is 3.77. The largest absolute Gasteiger partial charge is 0.507 e. The average Bonchev–Trinajstić information content (AvgIpc) is 2.90. The molecule has 0 fully saturated rings. The van der Waals surface area contributed by atoms with Crippen LogP contribution in [0.3, 0.4) is 0 Å². The minimum atomic E-state index is -4.55. The van der Waals surface area contributed by atoms with E-state index < -0.39 is 17.6 Å². The molecule has 136 valence electrons. The molecular formula is C17H12ClF3N2O2S. The van der Waals surface area contributed by atoms with Crippen LogP contribution in [0.5, 0.6) is 5.75 Å². The molecule has 0 aliphatic rings. The first-order valence-corrected chi connectivity index (χ1v) is 8.54. The van der Waals surface area contributed by atoms with E-state index in [1.54, 1.807) is 19.9 Å². The molecule has 4 nitrogen and oxygen atoms in total. The van der Waals surface area contributed by atoms with Crippen molar-refractivity contribution in [2.24, 2.45) is 0 Å². The summed E-state index contributed by atoms with van der Waals surface area (Å²) in [5.74, 6) is -0.961. The topological polar surface area (TPSA) is 62.2 Å². The van der Waals surface area contributed by atoms with Crippen molar-refractivity contribution in [1.29, 1.82) is 0 Å². The normalized spacial score (nSPS) is 11.8. The molecule has 3 aromatic rings. The van der Waals surface area contributed by atoms with Crippen LogP contribution in [-0.4, -0.2) is 16.0 Å². The molecule has 1 aromatic heterocycles. The van der Waals surface area contributed by atoms with Crippen LogP contribution in [0.4, 0.5) is 18.3 Å². The van der Waals surface area contributed by atoms with Crippen LogP contribution in [0.1, 0.15) is 27.0 Å². The van der Waals surface area contributed by atoms with E-state index in [2.05, 4.69) is 10.3 Å². The fraction of sp³-hybridized carbons (Fsp3) is 0.176. The van der Waals surface area contributed by atoms with Gasteiger partial charge in [0.05, 0.1) is 21.3 Å². The maximum atomic E-state index is 13.2. The molecule has 0 saturated carbocycles. The fourth-order valence-electron chi connectivity index (χ4n) is 2.51. The van der Waals surface area contributed by atoms with Crippen molar-refractivity contribution in [2.75, 3.05) is 5.32 Å². The summed E-state index contributed by atoms with van der Waals surface area (Å²) >= 11 is 6.81. The van der Waals surface area contributed by atoms with Crippen LogP contribution in [0.15, 0.2) is 24.3 Å². The Labute approximate surface area is 155 Å². The van der Waals surface area contributed by atoms with Crippen molar-refractivity contribution >= 4 is 44.2 Å². The van der Waals surface area contributed by atoms with Gasteiger partial charge in [-0.1, -0.05) is 22.9 Å². The summed E-state index contributed by atoms with van der Waals surface area (Å²) in [7, 11) is 0. The molecule has 26 heavy (non-hydrogen) atoms. The Morgan fingerprint density at radius 3 is 2.58 bits per heavy atom. The number of aromatic hydroxyl groups is 1. The molecule has 0 spiro atoms. The Morgan fingerprint density at radius 1 is 1.23 bits per heavy atom. The first-order chi connectivity index (χ1) is 12.1. The van der Waals surface area contributed by atoms with Gasteiger partial charge in [0.1, 0.15) is 5.75 Å². The molecule has 3 rings (SSSR count). The Bertz CT molecular complexity index is 1030. The predicted octanol–water partition coefficient (Wildman–Crippen LogP) is 5.54. The SMILES string of the molecule is Cc1cc(C(F)(F)F)c2nc(NC(=O)c3cc(Cl)cc(C)c3O)sc2c1. The lowest BCUT2D eigenvalue weighted by molar-refractivity contribution is -0.136. The monoisotopic (exact) mass is 400 g/mol. The highest BCUT2D eigenvalue weighted by atomic mass is 35.5. The molecule has 0 radical (unpaired) electrons. The zero-order valence-electron chi connectivity index (χ0n) is 13.5. The third kappa shape index (κ3) is 3.47. The number of rotatable bonds is 2. The second kappa shape index (κ2) is 6.44. The first kappa shape index (κ1) is 18.5. The van der Waals surface area contributed by atoms with Crippen molar-refractivity contribution in [3.8, 4) is 5.75 Å². The highest BCUT2D eigenvalue weighted by molar-refractivity contribution is 7.22. The van der Waals surface area contributed by atoms with Crippen LogP contribution in [0, 0.1) is 13.8 Å². The Balaban J connectivity index is 2.01. The summed E-state index contributed by atoms with van der Waals surface area (Å²) in [6.45, 7) is 3.13. The van der Waals surface area contributed by atoms with Gasteiger partial charge < -0.3 is 5.11 Å². The number of carbonyl (C=O) groups is 1. The van der Waals surface area contributed by atoms with Gasteiger partial charge >= 0.3 is 6.18 Å². The molecule has 0 aliphatic carbocycles. The van der Waals surface area contributed by atoms with Crippen molar-refractivity contribution < 1.29 is 23.1 Å². The third-order valence-electron chi connectivity index (χ3n) is 3.68. The number of phenolic OH excluding ortho intramolecular Hbond substituents is 1. The molecule has 0 unspecified atom stereocenters. The molecule has 0 aliphatic heterocycles. The number of nitrogens with zero attached hydrogens (tertiary/aromatic N) is 1. The molecule has 0 bridgehead atoms. The lowest BCUT2D eigenvalue weighted by Gasteiger charge is -2.08. The molecule has 0 atom stereocenters. The number of benzene rings is 2. The maximum Gasteiger partial charge on any atom is 0.418 e. The van der Waals surface area contributed by atoms with Crippen LogP contribution in [0.25, 0.3) is 10.2 Å². The summed E-state index contributed by atoms with van der Waals surface area (Å²) in [6.07, 6.45) is -4.55. The smallest absolute Gasteiger partial charge is 0.418 e. The quantitative estimate of drug-likeness (QED) is 0.593. The number of phenols is 1. The Kier molecular flexibility index (Phi) is 4.58. The van der Waals surface area contributed by atoms with Gasteiger partial charge in [0.2, 0.25) is 0 Å². The number of nitrogens with one attached hydrogen (secondary N) is 1. The number of amides is 1. The van der Waals surface area contributed by atoms with Crippen molar-refractivity contribution in [1.82, 2.24) is 4.98 Å². The number of carbonyl (C=O) groups excluding carboxylic acids is 1. The highest BCUT2D eigenvalue weighted by Crippen LogP contribution is 2.38. The van der Waals surface area contributed by atoms with E-state index in [1.807, 2.05) is 0 Å². The van der Waals surface area contributed by atoms with Gasteiger partial charge in [-0.25, -0.2) is 4.98 Å². The second-order valence-corrected chi connectivity index (χ2v) is 7.22. The molecule has 1 heterocycles. The summed E-state index contributed by atoms with van der Waals surface area (Å²) in [4.78, 5) is 16.3. The number of alkyl halides is 3. The first-order valence-electron chi connectivity index (χ1n) is 7.35. The predicted molar refractivity (Wildman–Crippen MR) is 95.2 cm³/mol. The number of fused-ring (bicyclic) bond motifs is 1. The average molecular weight is 401 g/mol. The van der Waals surface area contributed by atoms with Gasteiger partial charge in [-0.05, 0) is 49.2 Å². The summed E-state index contributed by atoms with van der Waals surface area (Å²) in [5.41, 5.74) is -0.321. The number of hydrogen-bond donors (Lipinski definition) is 2. The van der Waals surface area contributed by atoms with E-state index in [-0.39, 0.29) is 27.0 Å². The standard InChI is InChI=1S/C17H12ClF3N2O2S/c1-7-3-11(17(19,20)21)13-12(4-7)26-16(22-13)23-15(25)10-6-9(18)5-8(2)14(10)24/h3-6,24H,1-2H3,(H,22,23,25). The van der Waals surface area contributed by atoms with E-state index in [4.69, 9.17) is 11.6 Å². The van der Waals surface area contributed by atoms with Gasteiger partial charge in [-0.3, -0.25) is 10.1 Å². The van der Waals surface area contributed by atoms with Gasteiger partial charge in [0.25, 0.3) is 5.91 Å². The summed E-state index contributed by atoms with van der Waals surface area (Å²) < 4.78 is 39.9. The number of thiazole rings is 1. The zero-order valence-corrected chi connectivity index (χ0v) is 15.1. The van der Waals surface area contributed by atoms with E-state index in [0.717, 1.165) is 17.4 Å². The van der Waals surface area contributed by atoms with Gasteiger partial charge in [0, 0.05) is 5.02 Å². The third-order valence-corrected chi connectivity index (χ3v) is 4.81. The minimum absolute atomic E-state index is 0.00173. The van der Waals surface area contributed by atoms with E-state index in [9.17, 15) is 23.1 Å². The van der Waals surface area contributed by atoms with Crippen LogP contribution in [-0.2, 0) is 6.18 Å². The summed E-state index contributed by atoms with van der Waals surface area (Å²) in [5, 5.41) is 12.7. The lowest BCUT2D eigenvalue weighted by Crippen LogP contribution is -2.12. The van der Waals surface area contributed by atoms with Crippen molar-refractivity contribution in [2.45, 2.75) is 20.0 Å². The minimum Gasteiger partial charge on any atom is -0.507 e. The van der Waals surface area contributed by atoms with Crippen LogP contribution in [0.2, 0.25) is 5.02 Å². The number of aryl methyl sites for hydroxylation is 2. The molecule has 0 saturated heterocycles. The number of anilines is 1. The zero-order chi connectivity index (χ0) is 19.2. The van der Waals surface area contributed by atoms with Gasteiger partial charge in [-0.2, -0.15) is 13.2 Å². The van der Waals surface area contributed by atoms with E-state index in [0.29, 0.717) is 15.8 Å². The molecule has 1 amide bonds.